The highest BCUT2D eigenvalue weighted by atomic mass is 16.5. The highest BCUT2D eigenvalue weighted by Crippen LogP contribution is 2.19. The fraction of sp³-hybridized carbons (Fsp3) is 0.250. The predicted octanol–water partition coefficient (Wildman–Crippen LogP) is 3.11. The third kappa shape index (κ3) is 4.17. The van der Waals surface area contributed by atoms with Gasteiger partial charge in [-0.05, 0) is 26.0 Å². The van der Waals surface area contributed by atoms with Crippen LogP contribution in [0.1, 0.15) is 13.8 Å². The van der Waals surface area contributed by atoms with Crippen LogP contribution in [-0.4, -0.2) is 23.6 Å². The lowest BCUT2D eigenvalue weighted by atomic mass is 10.1. The van der Waals surface area contributed by atoms with Crippen LogP contribution >= 0.6 is 0 Å². The lowest BCUT2D eigenvalue weighted by molar-refractivity contribution is -0.121. The largest absolute Gasteiger partial charge is 0.369 e. The van der Waals surface area contributed by atoms with Crippen molar-refractivity contribution in [2.45, 2.75) is 20.0 Å². The average molecular weight is 270 g/mol. The molecule has 4 heteroatoms. The number of nitrogens with one attached hydrogen (secondary N) is 1. The molecule has 0 fully saturated rings. The highest BCUT2D eigenvalue weighted by molar-refractivity contribution is 5.92. The molecule has 104 valence electrons. The second-order valence-corrected chi connectivity index (χ2v) is 4.70. The van der Waals surface area contributed by atoms with Crippen LogP contribution < -0.4 is 5.32 Å². The third-order valence-electron chi connectivity index (χ3n) is 2.66. The summed E-state index contributed by atoms with van der Waals surface area (Å²) in [5, 5.41) is 2.80. The molecule has 2 aromatic rings. The van der Waals surface area contributed by atoms with Crippen LogP contribution in [0.3, 0.4) is 0 Å². The number of carbonyl (C=O) groups is 1. The van der Waals surface area contributed by atoms with Crippen molar-refractivity contribution in [3.05, 3.63) is 48.7 Å². The zero-order chi connectivity index (χ0) is 14.4. The number of benzene rings is 1. The lowest BCUT2D eigenvalue weighted by Crippen LogP contribution is -2.20. The first-order valence-electron chi connectivity index (χ1n) is 6.58. The van der Waals surface area contributed by atoms with Crippen molar-refractivity contribution in [1.29, 1.82) is 0 Å². The van der Waals surface area contributed by atoms with Gasteiger partial charge in [0.2, 0.25) is 5.91 Å². The Bertz CT molecular complexity index is 568. The molecule has 0 radical (unpaired) electrons. The van der Waals surface area contributed by atoms with E-state index in [-0.39, 0.29) is 18.6 Å². The normalized spacial score (nSPS) is 10.6. The monoisotopic (exact) mass is 270 g/mol. The zero-order valence-corrected chi connectivity index (χ0v) is 11.7. The quantitative estimate of drug-likeness (QED) is 0.908. The fourth-order valence-electron chi connectivity index (χ4n) is 1.71. The molecule has 0 saturated heterocycles. The number of aromatic nitrogens is 1. The van der Waals surface area contributed by atoms with Crippen LogP contribution in [-0.2, 0) is 9.53 Å². The second-order valence-electron chi connectivity index (χ2n) is 4.70. The number of ether oxygens (including phenoxy) is 1. The molecule has 0 unspecified atom stereocenters. The van der Waals surface area contributed by atoms with Gasteiger partial charge >= 0.3 is 0 Å². The summed E-state index contributed by atoms with van der Waals surface area (Å²) in [5.41, 5.74) is 2.56. The van der Waals surface area contributed by atoms with Crippen LogP contribution in [0.2, 0.25) is 0 Å². The summed E-state index contributed by atoms with van der Waals surface area (Å²) in [4.78, 5) is 16.0. The molecule has 0 bridgehead atoms. The minimum absolute atomic E-state index is 0.0399. The molecule has 2 rings (SSSR count). The summed E-state index contributed by atoms with van der Waals surface area (Å²) in [7, 11) is 0. The van der Waals surface area contributed by atoms with Gasteiger partial charge in [0.15, 0.2) is 0 Å². The van der Waals surface area contributed by atoms with Crippen molar-refractivity contribution >= 4 is 11.6 Å². The molecule has 0 aliphatic rings. The summed E-state index contributed by atoms with van der Waals surface area (Å²) in [5.74, 6) is -0.163. The predicted molar refractivity (Wildman–Crippen MR) is 79.4 cm³/mol. The summed E-state index contributed by atoms with van der Waals surface area (Å²) in [6, 6.07) is 13.4. The average Bonchev–Trinajstić information content (AvgIpc) is 2.46. The number of rotatable bonds is 5. The van der Waals surface area contributed by atoms with Gasteiger partial charge in [0.1, 0.15) is 6.61 Å². The topological polar surface area (TPSA) is 51.2 Å². The van der Waals surface area contributed by atoms with Crippen LogP contribution in [0.4, 0.5) is 5.69 Å². The molecule has 1 heterocycles. The first-order chi connectivity index (χ1) is 9.65. The van der Waals surface area contributed by atoms with Gasteiger partial charge in [0.25, 0.3) is 0 Å². The zero-order valence-electron chi connectivity index (χ0n) is 11.7. The Balaban J connectivity index is 2.05. The van der Waals surface area contributed by atoms with E-state index in [4.69, 9.17) is 4.74 Å². The van der Waals surface area contributed by atoms with E-state index in [1.807, 2.05) is 50.2 Å². The van der Waals surface area contributed by atoms with E-state index in [9.17, 15) is 4.79 Å². The molecule has 1 amide bonds. The number of hydrogen-bond donors (Lipinski definition) is 1. The molecule has 0 saturated carbocycles. The number of pyridine rings is 1. The van der Waals surface area contributed by atoms with E-state index in [1.165, 1.54) is 0 Å². The van der Waals surface area contributed by atoms with Gasteiger partial charge in [-0.15, -0.1) is 0 Å². The van der Waals surface area contributed by atoms with Gasteiger partial charge in [0, 0.05) is 17.4 Å². The van der Waals surface area contributed by atoms with Gasteiger partial charge in [-0.25, -0.2) is 0 Å². The van der Waals surface area contributed by atoms with Crippen molar-refractivity contribution in [1.82, 2.24) is 4.98 Å². The summed E-state index contributed by atoms with van der Waals surface area (Å²) < 4.78 is 5.26. The maximum atomic E-state index is 11.7. The molecule has 1 aromatic carbocycles. The molecular formula is C16H18N2O2. The Morgan fingerprint density at radius 2 is 2.00 bits per heavy atom. The molecule has 20 heavy (non-hydrogen) atoms. The molecule has 4 nitrogen and oxygen atoms in total. The van der Waals surface area contributed by atoms with Crippen LogP contribution in [0.5, 0.6) is 0 Å². The van der Waals surface area contributed by atoms with Gasteiger partial charge < -0.3 is 10.1 Å². The first kappa shape index (κ1) is 14.2. The Hall–Kier alpha value is -2.20. The Morgan fingerprint density at radius 1 is 1.25 bits per heavy atom. The van der Waals surface area contributed by atoms with E-state index in [0.717, 1.165) is 16.9 Å². The van der Waals surface area contributed by atoms with Crippen LogP contribution in [0.25, 0.3) is 11.3 Å². The Morgan fingerprint density at radius 3 is 2.70 bits per heavy atom. The summed E-state index contributed by atoms with van der Waals surface area (Å²) >= 11 is 0. The molecule has 0 aliphatic carbocycles. The first-order valence-corrected chi connectivity index (χ1v) is 6.58. The molecule has 0 atom stereocenters. The van der Waals surface area contributed by atoms with E-state index in [1.54, 1.807) is 12.3 Å². The molecule has 0 aliphatic heterocycles. The minimum atomic E-state index is -0.163. The molecular weight excluding hydrogens is 252 g/mol. The minimum Gasteiger partial charge on any atom is -0.369 e. The van der Waals surface area contributed by atoms with Gasteiger partial charge in [-0.2, -0.15) is 0 Å². The van der Waals surface area contributed by atoms with Crippen molar-refractivity contribution in [3.63, 3.8) is 0 Å². The van der Waals surface area contributed by atoms with Crippen LogP contribution in [0, 0.1) is 0 Å². The number of carbonyl (C=O) groups excluding carboxylic acids is 1. The smallest absolute Gasteiger partial charge is 0.250 e. The molecule has 1 N–H and O–H groups in total. The van der Waals surface area contributed by atoms with Crippen LogP contribution in [0.15, 0.2) is 48.7 Å². The van der Waals surface area contributed by atoms with E-state index >= 15 is 0 Å². The van der Waals surface area contributed by atoms with Gasteiger partial charge in [-0.1, -0.05) is 30.3 Å². The number of hydrogen-bond acceptors (Lipinski definition) is 3. The Kier molecular flexibility index (Phi) is 4.85. The van der Waals surface area contributed by atoms with Crippen molar-refractivity contribution < 1.29 is 9.53 Å². The lowest BCUT2D eigenvalue weighted by Gasteiger charge is -2.09. The fourth-order valence-corrected chi connectivity index (χ4v) is 1.71. The highest BCUT2D eigenvalue weighted by Gasteiger charge is 2.05. The number of amides is 1. The number of anilines is 1. The van der Waals surface area contributed by atoms with Gasteiger partial charge in [0.05, 0.1) is 11.8 Å². The van der Waals surface area contributed by atoms with E-state index in [0.29, 0.717) is 0 Å². The number of nitrogens with zero attached hydrogens (tertiary/aromatic N) is 1. The van der Waals surface area contributed by atoms with Crippen molar-refractivity contribution in [2.75, 3.05) is 11.9 Å². The maximum Gasteiger partial charge on any atom is 0.250 e. The van der Waals surface area contributed by atoms with Gasteiger partial charge in [-0.3, -0.25) is 9.78 Å². The van der Waals surface area contributed by atoms with E-state index in [2.05, 4.69) is 10.3 Å². The van der Waals surface area contributed by atoms with Crippen molar-refractivity contribution in [2.24, 2.45) is 0 Å². The van der Waals surface area contributed by atoms with Crippen molar-refractivity contribution in [3.8, 4) is 11.3 Å². The van der Waals surface area contributed by atoms with E-state index < -0.39 is 0 Å². The second kappa shape index (κ2) is 6.82. The summed E-state index contributed by atoms with van der Waals surface area (Å²) in [6.45, 7) is 3.85. The third-order valence-corrected chi connectivity index (χ3v) is 2.66. The maximum absolute atomic E-state index is 11.7. The molecule has 1 aromatic heterocycles. The Labute approximate surface area is 118 Å². The standard InChI is InChI=1S/C16H18N2O2/c1-12(2)20-11-16(19)18-14-8-9-17-15(10-14)13-6-4-3-5-7-13/h3-10,12H,11H2,1-2H3,(H,17,18,19). The SMILES string of the molecule is CC(C)OCC(=O)Nc1ccnc(-c2ccccc2)c1. The summed E-state index contributed by atoms with van der Waals surface area (Å²) in [6.07, 6.45) is 1.72. The molecule has 0 spiro atoms.